The number of carbonyl (C=O) groups is 1. The van der Waals surface area contributed by atoms with Crippen LogP contribution < -0.4 is 10.9 Å². The van der Waals surface area contributed by atoms with Crippen molar-refractivity contribution >= 4 is 22.2 Å². The van der Waals surface area contributed by atoms with Crippen LogP contribution in [0.3, 0.4) is 0 Å². The third-order valence-corrected chi connectivity index (χ3v) is 3.73. The van der Waals surface area contributed by atoms with E-state index in [-0.39, 0.29) is 17.2 Å². The predicted molar refractivity (Wildman–Crippen MR) is 73.8 cm³/mol. The average Bonchev–Trinajstić information content (AvgIpc) is 3.10. The number of H-pyrrole nitrogens is 1. The summed E-state index contributed by atoms with van der Waals surface area (Å²) in [6.45, 7) is 1.82. The number of nitrogens with zero attached hydrogens (tertiary/aromatic N) is 3. The first-order valence-corrected chi connectivity index (χ1v) is 6.79. The maximum absolute atomic E-state index is 12.1. The van der Waals surface area contributed by atoms with Gasteiger partial charge in [0.25, 0.3) is 11.5 Å². The first-order valence-electron chi connectivity index (χ1n) is 5.91. The monoisotopic (exact) mass is 289 g/mol. The normalized spacial score (nSPS) is 12.4. The highest BCUT2D eigenvalue weighted by molar-refractivity contribution is 7.15. The average molecular weight is 289 g/mol. The lowest BCUT2D eigenvalue weighted by atomic mass is 10.2. The van der Waals surface area contributed by atoms with Crippen molar-refractivity contribution < 1.29 is 4.79 Å². The molecule has 0 aliphatic heterocycles. The Morgan fingerprint density at radius 1 is 1.50 bits per heavy atom. The van der Waals surface area contributed by atoms with E-state index in [1.165, 1.54) is 21.9 Å². The Morgan fingerprint density at radius 2 is 2.35 bits per heavy atom. The Hall–Kier alpha value is -2.48. The Bertz CT molecular complexity index is 805. The number of fused-ring (bicyclic) bond motifs is 1. The quantitative estimate of drug-likeness (QED) is 0.751. The summed E-state index contributed by atoms with van der Waals surface area (Å²) >= 11 is 1.34. The van der Waals surface area contributed by atoms with Gasteiger partial charge >= 0.3 is 0 Å². The van der Waals surface area contributed by atoms with Gasteiger partial charge in [0.1, 0.15) is 5.56 Å². The summed E-state index contributed by atoms with van der Waals surface area (Å²) < 4.78 is 1.36. The summed E-state index contributed by atoms with van der Waals surface area (Å²) in [6.07, 6.45) is 6.23. The fourth-order valence-corrected chi connectivity index (χ4v) is 2.51. The molecule has 0 saturated heterocycles. The highest BCUT2D eigenvalue weighted by Crippen LogP contribution is 2.10. The van der Waals surface area contributed by atoms with Gasteiger partial charge < -0.3 is 5.32 Å². The molecule has 0 aromatic carbocycles. The van der Waals surface area contributed by atoms with Gasteiger partial charge in [-0.05, 0) is 6.92 Å². The van der Waals surface area contributed by atoms with Crippen molar-refractivity contribution in [2.45, 2.75) is 13.0 Å². The van der Waals surface area contributed by atoms with Crippen LogP contribution in [0.5, 0.6) is 0 Å². The topological polar surface area (TPSA) is 92.2 Å². The number of carbonyl (C=O) groups excluding carboxylic acids is 1. The van der Waals surface area contributed by atoms with Crippen LogP contribution in [0.1, 0.15) is 28.9 Å². The molecule has 1 unspecified atom stereocenters. The van der Waals surface area contributed by atoms with Gasteiger partial charge in [-0.25, -0.2) is 4.98 Å². The maximum Gasteiger partial charge on any atom is 0.271 e. The number of aromatic amines is 1. The largest absolute Gasteiger partial charge is 0.345 e. The van der Waals surface area contributed by atoms with Crippen LogP contribution >= 0.6 is 11.3 Å². The number of amides is 1. The van der Waals surface area contributed by atoms with Gasteiger partial charge in [0.15, 0.2) is 4.96 Å². The molecule has 7 nitrogen and oxygen atoms in total. The molecule has 1 amide bonds. The van der Waals surface area contributed by atoms with E-state index >= 15 is 0 Å². The van der Waals surface area contributed by atoms with Crippen molar-refractivity contribution in [3.8, 4) is 0 Å². The zero-order valence-corrected chi connectivity index (χ0v) is 11.3. The van der Waals surface area contributed by atoms with Crippen molar-refractivity contribution in [3.63, 3.8) is 0 Å². The second-order valence-corrected chi connectivity index (χ2v) is 5.13. The minimum atomic E-state index is -0.447. The number of hydrogen-bond donors (Lipinski definition) is 2. The lowest BCUT2D eigenvalue weighted by Gasteiger charge is -2.11. The number of aromatic nitrogens is 4. The molecular weight excluding hydrogens is 278 g/mol. The minimum Gasteiger partial charge on any atom is -0.345 e. The molecule has 3 aromatic rings. The summed E-state index contributed by atoms with van der Waals surface area (Å²) in [4.78, 5) is 29.0. The van der Waals surface area contributed by atoms with Gasteiger partial charge in [-0.1, -0.05) is 0 Å². The summed E-state index contributed by atoms with van der Waals surface area (Å²) in [7, 11) is 0. The van der Waals surface area contributed by atoms with E-state index in [2.05, 4.69) is 20.5 Å². The Morgan fingerprint density at radius 3 is 3.10 bits per heavy atom. The van der Waals surface area contributed by atoms with E-state index < -0.39 is 5.91 Å². The summed E-state index contributed by atoms with van der Waals surface area (Å²) in [5.41, 5.74) is 0.493. The predicted octanol–water partition coefficient (Wildman–Crippen LogP) is 0.970. The van der Waals surface area contributed by atoms with Crippen molar-refractivity contribution in [1.29, 1.82) is 0 Å². The van der Waals surface area contributed by atoms with Crippen LogP contribution in [-0.4, -0.2) is 25.5 Å². The van der Waals surface area contributed by atoms with Crippen LogP contribution in [0.2, 0.25) is 0 Å². The highest BCUT2D eigenvalue weighted by atomic mass is 32.1. The lowest BCUT2D eigenvalue weighted by molar-refractivity contribution is 0.0938. The number of hydrogen-bond acceptors (Lipinski definition) is 5. The fraction of sp³-hybridized carbons (Fsp3) is 0.167. The Balaban J connectivity index is 1.89. The van der Waals surface area contributed by atoms with Gasteiger partial charge in [-0.2, -0.15) is 5.10 Å². The molecule has 0 spiro atoms. The molecule has 20 heavy (non-hydrogen) atoms. The van der Waals surface area contributed by atoms with Gasteiger partial charge in [0.2, 0.25) is 0 Å². The van der Waals surface area contributed by atoms with E-state index in [4.69, 9.17) is 0 Å². The van der Waals surface area contributed by atoms with E-state index in [0.29, 0.717) is 4.96 Å². The molecule has 2 N–H and O–H groups in total. The molecular formula is C12H11N5O2S. The number of thiazole rings is 1. The molecule has 0 saturated carbocycles. The Labute approximate surface area is 117 Å². The van der Waals surface area contributed by atoms with Crippen LogP contribution in [0.15, 0.2) is 35.0 Å². The van der Waals surface area contributed by atoms with Gasteiger partial charge in [0.05, 0.1) is 12.2 Å². The first kappa shape index (κ1) is 12.5. The lowest BCUT2D eigenvalue weighted by Crippen LogP contribution is -2.32. The maximum atomic E-state index is 12.1. The van der Waals surface area contributed by atoms with E-state index in [1.807, 2.05) is 6.92 Å². The number of rotatable bonds is 3. The molecule has 102 valence electrons. The van der Waals surface area contributed by atoms with Crippen LogP contribution in [0, 0.1) is 0 Å². The second-order valence-electron chi connectivity index (χ2n) is 4.26. The summed E-state index contributed by atoms with van der Waals surface area (Å²) in [5.74, 6) is -0.447. The van der Waals surface area contributed by atoms with Crippen molar-refractivity contribution in [1.82, 2.24) is 24.9 Å². The van der Waals surface area contributed by atoms with Crippen molar-refractivity contribution in [2.75, 3.05) is 0 Å². The number of nitrogens with one attached hydrogen (secondary N) is 2. The SMILES string of the molecule is CC(NC(=O)c1cnc2sccn2c1=O)c1cn[nH]c1. The molecule has 0 aliphatic rings. The van der Waals surface area contributed by atoms with E-state index in [1.54, 1.807) is 24.0 Å². The standard InChI is InChI=1S/C12H11N5O2S/c1-7(8-4-14-15-5-8)16-10(18)9-6-13-12-17(11(9)19)2-3-20-12/h2-7H,1H3,(H,14,15)(H,16,18). The second kappa shape index (κ2) is 4.89. The van der Waals surface area contributed by atoms with E-state index in [0.717, 1.165) is 5.56 Å². The van der Waals surface area contributed by atoms with Crippen molar-refractivity contribution in [3.05, 3.63) is 51.6 Å². The van der Waals surface area contributed by atoms with Crippen LogP contribution in [0.25, 0.3) is 4.96 Å². The molecule has 0 aliphatic carbocycles. The van der Waals surface area contributed by atoms with E-state index in [9.17, 15) is 9.59 Å². The van der Waals surface area contributed by atoms with Crippen LogP contribution in [-0.2, 0) is 0 Å². The molecule has 0 bridgehead atoms. The first-order chi connectivity index (χ1) is 9.66. The summed E-state index contributed by atoms with van der Waals surface area (Å²) in [6, 6.07) is -0.246. The van der Waals surface area contributed by atoms with Gasteiger partial charge in [-0.3, -0.25) is 19.1 Å². The minimum absolute atomic E-state index is 0.0243. The summed E-state index contributed by atoms with van der Waals surface area (Å²) in [5, 5.41) is 11.0. The molecule has 0 radical (unpaired) electrons. The zero-order valence-electron chi connectivity index (χ0n) is 10.5. The van der Waals surface area contributed by atoms with Gasteiger partial charge in [-0.15, -0.1) is 11.3 Å². The molecule has 3 heterocycles. The molecule has 1 atom stereocenters. The fourth-order valence-electron chi connectivity index (χ4n) is 1.84. The molecule has 0 fully saturated rings. The third-order valence-electron chi connectivity index (χ3n) is 2.95. The molecule has 3 rings (SSSR count). The molecule has 3 aromatic heterocycles. The van der Waals surface area contributed by atoms with Gasteiger partial charge in [0, 0.05) is 29.5 Å². The van der Waals surface area contributed by atoms with Crippen molar-refractivity contribution in [2.24, 2.45) is 0 Å². The zero-order chi connectivity index (χ0) is 14.1. The Kier molecular flexibility index (Phi) is 3.07. The highest BCUT2D eigenvalue weighted by Gasteiger charge is 2.17. The van der Waals surface area contributed by atoms with Crippen LogP contribution in [0.4, 0.5) is 0 Å². The smallest absolute Gasteiger partial charge is 0.271 e. The third kappa shape index (κ3) is 2.10. The molecule has 8 heteroatoms.